The molecule has 0 radical (unpaired) electrons. The van der Waals surface area contributed by atoms with Crippen molar-refractivity contribution in [3.8, 4) is 22.9 Å². The van der Waals surface area contributed by atoms with Gasteiger partial charge in [0, 0.05) is 27.1 Å². The molecule has 8 nitrogen and oxygen atoms in total. The Bertz CT molecular complexity index is 1510. The van der Waals surface area contributed by atoms with Crippen molar-refractivity contribution in [2.24, 2.45) is 5.10 Å². The molecule has 0 aliphatic rings. The number of hydrogen-bond donors (Lipinski definition) is 1. The van der Waals surface area contributed by atoms with Crippen LogP contribution in [0.4, 0.5) is 0 Å². The summed E-state index contributed by atoms with van der Waals surface area (Å²) >= 11 is 7.17. The minimum Gasteiger partial charge on any atom is -0.490 e. The van der Waals surface area contributed by atoms with Crippen LogP contribution in [0, 0.1) is 13.8 Å². The number of rotatable bonds is 12. The van der Waals surface area contributed by atoms with E-state index < -0.39 is 5.91 Å². The van der Waals surface area contributed by atoms with Gasteiger partial charge in [-0.05, 0) is 121 Å². The molecule has 216 valence electrons. The monoisotopic (exact) mass is 685 g/mol. The number of ether oxygens (including phenoxy) is 3. The topological polar surface area (TPSA) is 87.2 Å². The van der Waals surface area contributed by atoms with E-state index in [1.807, 2.05) is 38.1 Å². The van der Waals surface area contributed by atoms with E-state index in [0.717, 1.165) is 16.6 Å². The molecule has 1 N–H and O–H groups in total. The highest BCUT2D eigenvalue weighted by atomic mass is 79.9. The molecule has 0 aliphatic heterocycles. The first-order chi connectivity index (χ1) is 19.7. The van der Waals surface area contributed by atoms with Gasteiger partial charge in [-0.25, -0.2) is 5.43 Å². The van der Waals surface area contributed by atoms with Crippen LogP contribution in [0.1, 0.15) is 60.5 Å². The van der Waals surface area contributed by atoms with Gasteiger partial charge in [-0.2, -0.15) is 5.10 Å². The number of carbonyl (C=O) groups excluding carboxylic acids is 1. The maximum atomic E-state index is 12.6. The van der Waals surface area contributed by atoms with Gasteiger partial charge in [-0.1, -0.05) is 6.92 Å². The Morgan fingerprint density at radius 3 is 2.39 bits per heavy atom. The number of amides is 1. The van der Waals surface area contributed by atoms with Crippen LogP contribution in [0.2, 0.25) is 0 Å². The highest BCUT2D eigenvalue weighted by molar-refractivity contribution is 9.13. The number of aromatic nitrogens is 1. The zero-order valence-electron chi connectivity index (χ0n) is 23.7. The highest BCUT2D eigenvalue weighted by Crippen LogP contribution is 2.43. The van der Waals surface area contributed by atoms with Crippen molar-refractivity contribution in [2.45, 2.75) is 53.8 Å². The number of halogens is 2. The van der Waals surface area contributed by atoms with Gasteiger partial charge >= 0.3 is 5.91 Å². The number of nitrogens with zero attached hydrogens (tertiary/aromatic N) is 2. The Morgan fingerprint density at radius 1 is 1.02 bits per heavy atom. The number of furan rings is 1. The molecule has 0 unspecified atom stereocenters. The summed E-state index contributed by atoms with van der Waals surface area (Å²) in [5, 5.41) is 4.11. The number of carbonyl (C=O) groups is 1. The number of nitrogens with one attached hydrogen (secondary N) is 1. The van der Waals surface area contributed by atoms with Crippen molar-refractivity contribution in [2.75, 3.05) is 6.61 Å². The van der Waals surface area contributed by atoms with Crippen LogP contribution < -0.4 is 19.6 Å². The highest BCUT2D eigenvalue weighted by Gasteiger charge is 2.19. The summed E-state index contributed by atoms with van der Waals surface area (Å²) in [6.07, 6.45) is 2.40. The Morgan fingerprint density at radius 2 is 1.73 bits per heavy atom. The lowest BCUT2D eigenvalue weighted by molar-refractivity contribution is 0.0923. The number of aryl methyl sites for hydroxylation is 2. The van der Waals surface area contributed by atoms with E-state index in [9.17, 15) is 4.79 Å². The van der Waals surface area contributed by atoms with E-state index in [-0.39, 0.29) is 18.5 Å². The second kappa shape index (κ2) is 13.9. The van der Waals surface area contributed by atoms with Crippen LogP contribution in [0.5, 0.6) is 17.2 Å². The zero-order valence-corrected chi connectivity index (χ0v) is 26.8. The van der Waals surface area contributed by atoms with Gasteiger partial charge in [-0.3, -0.25) is 4.79 Å². The maximum absolute atomic E-state index is 12.6. The minimum absolute atomic E-state index is 0.0177. The summed E-state index contributed by atoms with van der Waals surface area (Å²) in [6.45, 7) is 10.8. The second-order valence-electron chi connectivity index (χ2n) is 9.39. The number of hydrazone groups is 1. The summed E-state index contributed by atoms with van der Waals surface area (Å²) in [6, 6.07) is 17.1. The van der Waals surface area contributed by atoms with E-state index in [2.05, 4.69) is 79.9 Å². The van der Waals surface area contributed by atoms with Crippen LogP contribution >= 0.6 is 31.9 Å². The number of benzene rings is 2. The fourth-order valence-corrected chi connectivity index (χ4v) is 4.99. The van der Waals surface area contributed by atoms with Crippen molar-refractivity contribution in [1.82, 2.24) is 9.99 Å². The van der Waals surface area contributed by atoms with Crippen LogP contribution in [0.15, 0.2) is 73.1 Å². The third-order valence-corrected chi connectivity index (χ3v) is 8.50. The smallest absolute Gasteiger partial charge is 0.307 e. The molecule has 0 aliphatic carbocycles. The molecule has 41 heavy (non-hydrogen) atoms. The summed E-state index contributed by atoms with van der Waals surface area (Å²) in [7, 11) is 0. The largest absolute Gasteiger partial charge is 0.490 e. The third kappa shape index (κ3) is 7.42. The van der Waals surface area contributed by atoms with E-state index in [4.69, 9.17) is 18.6 Å². The Balaban J connectivity index is 1.36. The van der Waals surface area contributed by atoms with Crippen LogP contribution in [0.3, 0.4) is 0 Å². The molecule has 10 heteroatoms. The molecule has 2 heterocycles. The SMILES string of the molecule is CCOc1cc(/C=N/NC(=O)c2ccc(COc3ccc(-n4c(C)ccc4C)cc3)o2)c(Br)c(Br)c1O[C@H](C)CC. The Hall–Kier alpha value is -3.50. The summed E-state index contributed by atoms with van der Waals surface area (Å²) in [5.41, 5.74) is 6.60. The van der Waals surface area contributed by atoms with Crippen molar-refractivity contribution >= 4 is 44.0 Å². The quantitative estimate of drug-likeness (QED) is 0.120. The lowest BCUT2D eigenvalue weighted by Gasteiger charge is -2.19. The summed E-state index contributed by atoms with van der Waals surface area (Å²) in [5.74, 6) is 2.06. The van der Waals surface area contributed by atoms with Crippen molar-refractivity contribution in [3.63, 3.8) is 0 Å². The Labute approximate surface area is 256 Å². The molecule has 4 aromatic rings. The Kier molecular flexibility index (Phi) is 10.3. The maximum Gasteiger partial charge on any atom is 0.307 e. The van der Waals surface area contributed by atoms with Gasteiger partial charge < -0.3 is 23.2 Å². The zero-order chi connectivity index (χ0) is 29.5. The van der Waals surface area contributed by atoms with Gasteiger partial charge in [0.05, 0.1) is 23.4 Å². The molecule has 0 saturated heterocycles. The van der Waals surface area contributed by atoms with Crippen molar-refractivity contribution < 1.29 is 23.4 Å². The molecule has 0 fully saturated rings. The third-order valence-electron chi connectivity index (χ3n) is 6.35. The van der Waals surface area contributed by atoms with Gasteiger partial charge in [0.25, 0.3) is 0 Å². The predicted molar refractivity (Wildman–Crippen MR) is 167 cm³/mol. The molecule has 0 saturated carbocycles. The molecular weight excluding hydrogens is 654 g/mol. The molecule has 2 aromatic carbocycles. The van der Waals surface area contributed by atoms with Gasteiger partial charge in [-0.15, -0.1) is 0 Å². The standard InChI is InChI=1S/C31H33Br2N3O5/c1-6-21(5)40-30-27(38-7-2)16-22(28(32)29(30)33)17-34-35-31(37)26-15-14-25(41-26)18-39-24-12-10-23(11-13-24)36-19(3)8-9-20(36)4/h8-17,21H,6-7,18H2,1-5H3,(H,35,37)/b34-17+/t21-/m1/s1. The summed E-state index contributed by atoms with van der Waals surface area (Å²) in [4.78, 5) is 12.6. The fourth-order valence-electron chi connectivity index (χ4n) is 4.07. The van der Waals surface area contributed by atoms with E-state index in [0.29, 0.717) is 39.7 Å². The lowest BCUT2D eigenvalue weighted by atomic mass is 10.2. The summed E-state index contributed by atoms with van der Waals surface area (Å²) < 4.78 is 27.0. The lowest BCUT2D eigenvalue weighted by Crippen LogP contribution is -2.17. The van der Waals surface area contributed by atoms with Crippen LogP contribution in [-0.2, 0) is 6.61 Å². The first-order valence-corrected chi connectivity index (χ1v) is 14.9. The molecule has 0 bridgehead atoms. The predicted octanol–water partition coefficient (Wildman–Crippen LogP) is 8.13. The van der Waals surface area contributed by atoms with E-state index in [1.54, 1.807) is 18.2 Å². The second-order valence-corrected chi connectivity index (χ2v) is 11.0. The molecule has 1 amide bonds. The van der Waals surface area contributed by atoms with E-state index in [1.165, 1.54) is 17.6 Å². The van der Waals surface area contributed by atoms with E-state index >= 15 is 0 Å². The van der Waals surface area contributed by atoms with Crippen LogP contribution in [0.25, 0.3) is 5.69 Å². The van der Waals surface area contributed by atoms with Crippen molar-refractivity contribution in [1.29, 1.82) is 0 Å². The molecular formula is C31H33Br2N3O5. The van der Waals surface area contributed by atoms with Gasteiger partial charge in [0.1, 0.15) is 18.1 Å². The van der Waals surface area contributed by atoms with Gasteiger partial charge in [0.15, 0.2) is 17.3 Å². The normalized spacial score (nSPS) is 12.0. The fraction of sp³-hybridized carbons (Fsp3) is 0.290. The first kappa shape index (κ1) is 30.5. The van der Waals surface area contributed by atoms with Crippen LogP contribution in [-0.4, -0.2) is 29.4 Å². The molecule has 4 rings (SSSR count). The average Bonchev–Trinajstić information content (AvgIpc) is 3.58. The van der Waals surface area contributed by atoms with Gasteiger partial charge in [0.2, 0.25) is 0 Å². The number of hydrogen-bond acceptors (Lipinski definition) is 6. The first-order valence-electron chi connectivity index (χ1n) is 13.3. The van der Waals surface area contributed by atoms with Crippen molar-refractivity contribution in [3.05, 3.63) is 92.0 Å². The minimum atomic E-state index is -0.480. The molecule has 0 spiro atoms. The molecule has 1 atom stereocenters. The molecule has 2 aromatic heterocycles. The average molecular weight is 687 g/mol.